The van der Waals surface area contributed by atoms with Crippen LogP contribution in [0.3, 0.4) is 0 Å². The van der Waals surface area contributed by atoms with Crippen molar-refractivity contribution in [1.82, 2.24) is 0 Å². The van der Waals surface area contributed by atoms with Gasteiger partial charge < -0.3 is 24.8 Å². The number of ether oxygens (including phenoxy) is 2. The van der Waals surface area contributed by atoms with E-state index >= 15 is 0 Å². The summed E-state index contributed by atoms with van der Waals surface area (Å²) in [6, 6.07) is 0. The molecule has 1 aliphatic heterocycles. The number of aliphatic hydroxyl groups is 3. The second-order valence-electron chi connectivity index (χ2n) is 8.03. The Labute approximate surface area is 172 Å². The zero-order chi connectivity index (χ0) is 20.5. The Kier molecular flexibility index (Phi) is 15.9. The minimum Gasteiger partial charge on any atom is -0.394 e. The molecule has 0 aromatic carbocycles. The Bertz CT molecular complexity index is 374. The molecular formula is C23H44O5. The third-order valence-corrected chi connectivity index (χ3v) is 5.47. The summed E-state index contributed by atoms with van der Waals surface area (Å²) in [6.07, 6.45) is 18.1. The van der Waals surface area contributed by atoms with Crippen molar-refractivity contribution in [2.45, 2.75) is 115 Å². The fourth-order valence-corrected chi connectivity index (χ4v) is 3.61. The highest BCUT2D eigenvalue weighted by molar-refractivity contribution is 4.88. The number of rotatable bonds is 18. The Balaban J connectivity index is 1.86. The molecule has 28 heavy (non-hydrogen) atoms. The molecule has 1 fully saturated rings. The van der Waals surface area contributed by atoms with Gasteiger partial charge in [0.1, 0.15) is 24.4 Å². The second kappa shape index (κ2) is 17.4. The third-order valence-electron chi connectivity index (χ3n) is 5.47. The van der Waals surface area contributed by atoms with Crippen molar-refractivity contribution in [1.29, 1.82) is 0 Å². The Morgan fingerprint density at radius 2 is 1.50 bits per heavy atom. The van der Waals surface area contributed by atoms with E-state index in [4.69, 9.17) is 14.6 Å². The quantitative estimate of drug-likeness (QED) is 0.238. The first-order valence-corrected chi connectivity index (χ1v) is 11.6. The molecule has 0 bridgehead atoms. The van der Waals surface area contributed by atoms with E-state index in [0.717, 1.165) is 19.3 Å². The van der Waals surface area contributed by atoms with Gasteiger partial charge >= 0.3 is 0 Å². The molecule has 1 heterocycles. The van der Waals surface area contributed by atoms with E-state index in [9.17, 15) is 10.2 Å². The van der Waals surface area contributed by atoms with Gasteiger partial charge in [-0.15, -0.1) is 0 Å². The molecule has 0 aromatic rings. The molecule has 0 aromatic heterocycles. The highest BCUT2D eigenvalue weighted by atomic mass is 16.6. The largest absolute Gasteiger partial charge is 0.394 e. The number of hydrogen-bond acceptors (Lipinski definition) is 5. The van der Waals surface area contributed by atoms with Crippen molar-refractivity contribution in [3.63, 3.8) is 0 Å². The maximum absolute atomic E-state index is 10.0. The molecule has 0 unspecified atom stereocenters. The SMILES string of the molecule is CCCCCCCCCCC/C=C/CCCCO[C@@H]1CO[C@@H]([C@@H](O)CO)[C@H]1O. The molecule has 1 aliphatic rings. The number of allylic oxidation sites excluding steroid dienone is 2. The van der Waals surface area contributed by atoms with Crippen LogP contribution in [0.25, 0.3) is 0 Å². The van der Waals surface area contributed by atoms with E-state index in [1.807, 2.05) is 0 Å². The Hall–Kier alpha value is -0.460. The summed E-state index contributed by atoms with van der Waals surface area (Å²) in [5, 5.41) is 28.5. The molecular weight excluding hydrogens is 356 g/mol. The van der Waals surface area contributed by atoms with Crippen LogP contribution in [0.2, 0.25) is 0 Å². The summed E-state index contributed by atoms with van der Waals surface area (Å²) < 4.78 is 11.0. The lowest BCUT2D eigenvalue weighted by molar-refractivity contribution is -0.0730. The molecule has 0 spiro atoms. The van der Waals surface area contributed by atoms with Gasteiger partial charge in [0, 0.05) is 6.61 Å². The van der Waals surface area contributed by atoms with E-state index in [2.05, 4.69) is 19.1 Å². The standard InChI is InChI=1S/C23H44O5/c1-2-3-4-5-6-7-8-9-10-11-12-13-14-15-16-17-27-21-19-28-23(22(21)26)20(25)18-24/h12-13,20-26H,2-11,14-19H2,1H3/b13-12+/t20-,21+,22-,23-/m0/s1. The summed E-state index contributed by atoms with van der Waals surface area (Å²) in [6.45, 7) is 2.70. The van der Waals surface area contributed by atoms with Gasteiger partial charge in [0.05, 0.1) is 13.2 Å². The molecule has 1 rings (SSSR count). The van der Waals surface area contributed by atoms with E-state index in [1.165, 1.54) is 64.2 Å². The number of hydrogen-bond donors (Lipinski definition) is 3. The van der Waals surface area contributed by atoms with Gasteiger partial charge in [0.2, 0.25) is 0 Å². The fraction of sp³-hybridized carbons (Fsp3) is 0.913. The lowest BCUT2D eigenvalue weighted by Gasteiger charge is -2.20. The van der Waals surface area contributed by atoms with Gasteiger partial charge in [0.25, 0.3) is 0 Å². The zero-order valence-corrected chi connectivity index (χ0v) is 17.9. The lowest BCUT2D eigenvalue weighted by atomic mass is 10.1. The zero-order valence-electron chi connectivity index (χ0n) is 17.9. The van der Waals surface area contributed by atoms with Crippen LogP contribution in [0.4, 0.5) is 0 Å². The van der Waals surface area contributed by atoms with Crippen LogP contribution in [-0.2, 0) is 9.47 Å². The lowest BCUT2D eigenvalue weighted by Crippen LogP contribution is -2.41. The van der Waals surface area contributed by atoms with Gasteiger partial charge in [0.15, 0.2) is 0 Å². The monoisotopic (exact) mass is 400 g/mol. The fourth-order valence-electron chi connectivity index (χ4n) is 3.61. The van der Waals surface area contributed by atoms with Gasteiger partial charge in [-0.2, -0.15) is 0 Å². The highest BCUT2D eigenvalue weighted by Gasteiger charge is 2.40. The van der Waals surface area contributed by atoms with Crippen LogP contribution in [0.5, 0.6) is 0 Å². The molecule has 4 atom stereocenters. The van der Waals surface area contributed by atoms with Crippen molar-refractivity contribution < 1.29 is 24.8 Å². The highest BCUT2D eigenvalue weighted by Crippen LogP contribution is 2.20. The first kappa shape index (κ1) is 25.6. The molecule has 0 amide bonds. The van der Waals surface area contributed by atoms with Crippen molar-refractivity contribution in [2.24, 2.45) is 0 Å². The summed E-state index contributed by atoms with van der Waals surface area (Å²) in [5.74, 6) is 0. The average Bonchev–Trinajstić information content (AvgIpc) is 3.07. The van der Waals surface area contributed by atoms with Crippen LogP contribution >= 0.6 is 0 Å². The third kappa shape index (κ3) is 11.5. The molecule has 5 heteroatoms. The van der Waals surface area contributed by atoms with E-state index in [1.54, 1.807) is 0 Å². The Morgan fingerprint density at radius 1 is 0.929 bits per heavy atom. The minimum atomic E-state index is -1.06. The van der Waals surface area contributed by atoms with Crippen LogP contribution in [-0.4, -0.2) is 59.6 Å². The van der Waals surface area contributed by atoms with Gasteiger partial charge in [-0.3, -0.25) is 0 Å². The summed E-state index contributed by atoms with van der Waals surface area (Å²) in [5.41, 5.74) is 0. The van der Waals surface area contributed by atoms with Crippen LogP contribution in [0.1, 0.15) is 90.4 Å². The molecule has 0 saturated carbocycles. The van der Waals surface area contributed by atoms with Gasteiger partial charge in [-0.05, 0) is 32.1 Å². The molecule has 5 nitrogen and oxygen atoms in total. The second-order valence-corrected chi connectivity index (χ2v) is 8.03. The molecule has 1 saturated heterocycles. The van der Waals surface area contributed by atoms with E-state index in [-0.39, 0.29) is 6.61 Å². The molecule has 3 N–H and O–H groups in total. The van der Waals surface area contributed by atoms with Crippen LogP contribution in [0, 0.1) is 0 Å². The van der Waals surface area contributed by atoms with Gasteiger partial charge in [-0.25, -0.2) is 0 Å². The number of unbranched alkanes of at least 4 members (excludes halogenated alkanes) is 11. The number of aliphatic hydroxyl groups excluding tert-OH is 3. The average molecular weight is 401 g/mol. The molecule has 0 radical (unpaired) electrons. The molecule has 0 aliphatic carbocycles. The van der Waals surface area contributed by atoms with Crippen molar-refractivity contribution in [2.75, 3.05) is 19.8 Å². The van der Waals surface area contributed by atoms with Crippen molar-refractivity contribution >= 4 is 0 Å². The predicted molar refractivity (Wildman–Crippen MR) is 113 cm³/mol. The summed E-state index contributed by atoms with van der Waals surface area (Å²) >= 11 is 0. The minimum absolute atomic E-state index is 0.265. The van der Waals surface area contributed by atoms with Crippen molar-refractivity contribution in [3.05, 3.63) is 12.2 Å². The first-order valence-electron chi connectivity index (χ1n) is 11.6. The maximum atomic E-state index is 10.0. The normalized spacial score (nSPS) is 23.6. The van der Waals surface area contributed by atoms with Crippen LogP contribution < -0.4 is 0 Å². The first-order chi connectivity index (χ1) is 13.7. The topological polar surface area (TPSA) is 79.2 Å². The summed E-state index contributed by atoms with van der Waals surface area (Å²) in [4.78, 5) is 0. The van der Waals surface area contributed by atoms with E-state index < -0.39 is 31.0 Å². The smallest absolute Gasteiger partial charge is 0.114 e. The maximum Gasteiger partial charge on any atom is 0.114 e. The molecule has 166 valence electrons. The van der Waals surface area contributed by atoms with E-state index in [0.29, 0.717) is 6.61 Å². The Morgan fingerprint density at radius 3 is 2.11 bits per heavy atom. The van der Waals surface area contributed by atoms with Gasteiger partial charge in [-0.1, -0.05) is 70.4 Å². The predicted octanol–water partition coefficient (Wildman–Crippen LogP) is 4.13. The van der Waals surface area contributed by atoms with Crippen molar-refractivity contribution in [3.8, 4) is 0 Å². The van der Waals surface area contributed by atoms with Crippen LogP contribution in [0.15, 0.2) is 12.2 Å². The summed E-state index contributed by atoms with van der Waals surface area (Å²) in [7, 11) is 0.